The van der Waals surface area contributed by atoms with E-state index in [2.05, 4.69) is 15.6 Å². The van der Waals surface area contributed by atoms with E-state index in [4.69, 9.17) is 4.74 Å². The fourth-order valence-electron chi connectivity index (χ4n) is 2.21. The molecule has 0 radical (unpaired) electrons. The van der Waals surface area contributed by atoms with E-state index in [1.807, 2.05) is 39.8 Å². The predicted octanol–water partition coefficient (Wildman–Crippen LogP) is 3.18. The number of benzene rings is 1. The summed E-state index contributed by atoms with van der Waals surface area (Å²) in [5.74, 6) is -0.105. The number of rotatable bonds is 4. The smallest absolute Gasteiger partial charge is 0.274 e. The molecule has 0 spiro atoms. The van der Waals surface area contributed by atoms with Crippen molar-refractivity contribution in [3.8, 4) is 5.75 Å². The Morgan fingerprint density at radius 1 is 1.08 bits per heavy atom. The van der Waals surface area contributed by atoms with Crippen molar-refractivity contribution in [3.63, 3.8) is 0 Å². The van der Waals surface area contributed by atoms with Crippen LogP contribution in [0.25, 0.3) is 0 Å². The number of nitrogens with one attached hydrogen (secondary N) is 2. The van der Waals surface area contributed by atoms with Crippen LogP contribution in [-0.2, 0) is 0 Å². The highest BCUT2D eigenvalue weighted by Gasteiger charge is 2.17. The van der Waals surface area contributed by atoms with Crippen molar-refractivity contribution in [2.75, 3.05) is 12.4 Å². The number of aryl methyl sites for hydroxylation is 1. The molecule has 1 heterocycles. The number of pyridine rings is 1. The lowest BCUT2D eigenvalue weighted by atomic mass is 10.1. The maximum Gasteiger partial charge on any atom is 0.274 e. The van der Waals surface area contributed by atoms with Crippen LogP contribution in [0.1, 0.15) is 47.2 Å². The number of hydrogen-bond acceptors (Lipinski definition) is 4. The molecule has 1 aromatic heterocycles. The standard InChI is InChI=1S/C19H23N3O3/c1-12-6-7-16(25-5)14(10-12)21-18(24)15-11-13(8-9-20-15)17(23)22-19(2,3)4/h6-11H,1-5H3,(H,21,24)(H,22,23). The van der Waals surface area contributed by atoms with Gasteiger partial charge in [-0.1, -0.05) is 6.07 Å². The van der Waals surface area contributed by atoms with Gasteiger partial charge in [0, 0.05) is 17.3 Å². The molecule has 25 heavy (non-hydrogen) atoms. The highest BCUT2D eigenvalue weighted by molar-refractivity contribution is 6.05. The van der Waals surface area contributed by atoms with Gasteiger partial charge in [-0.2, -0.15) is 0 Å². The average molecular weight is 341 g/mol. The van der Waals surface area contributed by atoms with Gasteiger partial charge in [-0.05, 0) is 57.5 Å². The second-order valence-electron chi connectivity index (χ2n) is 6.79. The zero-order chi connectivity index (χ0) is 18.6. The normalized spacial score (nSPS) is 10.9. The first-order valence-electron chi connectivity index (χ1n) is 7.94. The molecular weight excluding hydrogens is 318 g/mol. The van der Waals surface area contributed by atoms with Crippen molar-refractivity contribution < 1.29 is 14.3 Å². The molecule has 2 aromatic rings. The van der Waals surface area contributed by atoms with Crippen LogP contribution in [-0.4, -0.2) is 29.4 Å². The van der Waals surface area contributed by atoms with Crippen LogP contribution < -0.4 is 15.4 Å². The summed E-state index contributed by atoms with van der Waals surface area (Å²) in [5, 5.41) is 5.63. The van der Waals surface area contributed by atoms with Gasteiger partial charge in [0.05, 0.1) is 12.8 Å². The summed E-state index contributed by atoms with van der Waals surface area (Å²) in [5.41, 5.74) is 1.72. The van der Waals surface area contributed by atoms with E-state index in [0.717, 1.165) is 5.56 Å². The summed E-state index contributed by atoms with van der Waals surface area (Å²) < 4.78 is 5.25. The summed E-state index contributed by atoms with van der Waals surface area (Å²) in [6.45, 7) is 7.60. The summed E-state index contributed by atoms with van der Waals surface area (Å²) in [7, 11) is 1.54. The first-order valence-corrected chi connectivity index (χ1v) is 7.94. The molecule has 132 valence electrons. The molecular formula is C19H23N3O3. The minimum Gasteiger partial charge on any atom is -0.495 e. The molecule has 2 rings (SSSR count). The Morgan fingerprint density at radius 2 is 1.80 bits per heavy atom. The Bertz CT molecular complexity index is 795. The van der Waals surface area contributed by atoms with Gasteiger partial charge >= 0.3 is 0 Å². The van der Waals surface area contributed by atoms with Gasteiger partial charge in [0.2, 0.25) is 0 Å². The highest BCUT2D eigenvalue weighted by Crippen LogP contribution is 2.25. The first kappa shape index (κ1) is 18.4. The van der Waals surface area contributed by atoms with Crippen LogP contribution >= 0.6 is 0 Å². The van der Waals surface area contributed by atoms with Crippen LogP contribution in [0.5, 0.6) is 5.75 Å². The number of anilines is 1. The fraction of sp³-hybridized carbons (Fsp3) is 0.316. The van der Waals surface area contributed by atoms with Crippen LogP contribution in [0, 0.1) is 6.92 Å². The fourth-order valence-corrected chi connectivity index (χ4v) is 2.21. The number of ether oxygens (including phenoxy) is 1. The highest BCUT2D eigenvalue weighted by atomic mass is 16.5. The Kier molecular flexibility index (Phi) is 5.41. The SMILES string of the molecule is COc1ccc(C)cc1NC(=O)c1cc(C(=O)NC(C)(C)C)ccn1. The second-order valence-corrected chi connectivity index (χ2v) is 6.79. The van der Waals surface area contributed by atoms with Crippen LogP contribution in [0.15, 0.2) is 36.5 Å². The van der Waals surface area contributed by atoms with Crippen LogP contribution in [0.2, 0.25) is 0 Å². The molecule has 0 aliphatic heterocycles. The molecule has 0 aliphatic carbocycles. The number of nitrogens with zero attached hydrogens (tertiary/aromatic N) is 1. The maximum atomic E-state index is 12.5. The van der Waals surface area contributed by atoms with E-state index < -0.39 is 5.91 Å². The summed E-state index contributed by atoms with van der Waals surface area (Å²) >= 11 is 0. The molecule has 6 nitrogen and oxygen atoms in total. The molecule has 0 atom stereocenters. The molecule has 0 saturated heterocycles. The second kappa shape index (κ2) is 7.34. The Morgan fingerprint density at radius 3 is 2.44 bits per heavy atom. The summed E-state index contributed by atoms with van der Waals surface area (Å²) in [4.78, 5) is 28.8. The van der Waals surface area contributed by atoms with E-state index in [9.17, 15) is 9.59 Å². The van der Waals surface area contributed by atoms with Crippen molar-refractivity contribution in [3.05, 3.63) is 53.3 Å². The third kappa shape index (κ3) is 5.04. The molecule has 2 N–H and O–H groups in total. The minimum absolute atomic E-state index is 0.158. The zero-order valence-corrected chi connectivity index (χ0v) is 15.1. The number of amides is 2. The number of carbonyl (C=O) groups excluding carboxylic acids is 2. The maximum absolute atomic E-state index is 12.5. The van der Waals surface area contributed by atoms with Gasteiger partial charge in [-0.25, -0.2) is 0 Å². The van der Waals surface area contributed by atoms with Gasteiger partial charge in [0.15, 0.2) is 0 Å². The van der Waals surface area contributed by atoms with Crippen molar-refractivity contribution in [1.82, 2.24) is 10.3 Å². The Labute approximate surface area is 147 Å². The average Bonchev–Trinajstić information content (AvgIpc) is 2.53. The molecule has 1 aromatic carbocycles. The van der Waals surface area contributed by atoms with E-state index in [-0.39, 0.29) is 17.1 Å². The number of carbonyl (C=O) groups is 2. The van der Waals surface area contributed by atoms with Crippen molar-refractivity contribution >= 4 is 17.5 Å². The monoisotopic (exact) mass is 341 g/mol. The lowest BCUT2D eigenvalue weighted by Gasteiger charge is -2.20. The van der Waals surface area contributed by atoms with Crippen molar-refractivity contribution in [1.29, 1.82) is 0 Å². The third-order valence-corrected chi connectivity index (χ3v) is 3.35. The largest absolute Gasteiger partial charge is 0.495 e. The van der Waals surface area contributed by atoms with Crippen LogP contribution in [0.3, 0.4) is 0 Å². The van der Waals surface area contributed by atoms with Crippen LogP contribution in [0.4, 0.5) is 5.69 Å². The number of aromatic nitrogens is 1. The van der Waals surface area contributed by atoms with Gasteiger partial charge in [0.25, 0.3) is 11.8 Å². The lowest BCUT2D eigenvalue weighted by Crippen LogP contribution is -2.40. The molecule has 0 saturated carbocycles. The van der Waals surface area contributed by atoms with Gasteiger partial charge < -0.3 is 15.4 Å². The van der Waals surface area contributed by atoms with Gasteiger partial charge in [0.1, 0.15) is 11.4 Å². The third-order valence-electron chi connectivity index (χ3n) is 3.35. The Balaban J connectivity index is 2.22. The van der Waals surface area contributed by atoms with E-state index in [1.54, 1.807) is 12.1 Å². The molecule has 2 amide bonds. The van der Waals surface area contributed by atoms with E-state index >= 15 is 0 Å². The molecule has 0 unspecified atom stereocenters. The van der Waals surface area contributed by atoms with Gasteiger partial charge in [-0.3, -0.25) is 14.6 Å². The number of methoxy groups -OCH3 is 1. The Hall–Kier alpha value is -2.89. The number of hydrogen-bond donors (Lipinski definition) is 2. The summed E-state index contributed by atoms with van der Waals surface area (Å²) in [6, 6.07) is 8.53. The molecule has 6 heteroatoms. The quantitative estimate of drug-likeness (QED) is 0.895. The predicted molar refractivity (Wildman–Crippen MR) is 97.1 cm³/mol. The van der Waals surface area contributed by atoms with E-state index in [1.165, 1.54) is 19.4 Å². The van der Waals surface area contributed by atoms with Gasteiger partial charge in [-0.15, -0.1) is 0 Å². The van der Waals surface area contributed by atoms with Crippen molar-refractivity contribution in [2.45, 2.75) is 33.2 Å². The lowest BCUT2D eigenvalue weighted by molar-refractivity contribution is 0.0919. The first-order chi connectivity index (χ1) is 11.7. The van der Waals surface area contributed by atoms with E-state index in [0.29, 0.717) is 17.0 Å². The zero-order valence-electron chi connectivity index (χ0n) is 15.1. The molecule has 0 fully saturated rings. The summed E-state index contributed by atoms with van der Waals surface area (Å²) in [6.07, 6.45) is 1.44. The molecule has 0 aliphatic rings. The topological polar surface area (TPSA) is 80.3 Å². The molecule has 0 bridgehead atoms. The minimum atomic E-state index is -0.408. The van der Waals surface area contributed by atoms with Crippen molar-refractivity contribution in [2.24, 2.45) is 0 Å².